The van der Waals surface area contributed by atoms with E-state index in [2.05, 4.69) is 19.8 Å². The Labute approximate surface area is 125 Å². The van der Waals surface area contributed by atoms with E-state index in [9.17, 15) is 0 Å². The lowest BCUT2D eigenvalue weighted by Crippen LogP contribution is -2.51. The number of nitrogens with zero attached hydrogens (tertiary/aromatic N) is 4. The Balaban J connectivity index is 1.44. The van der Waals surface area contributed by atoms with Gasteiger partial charge in [-0.15, -0.1) is 0 Å². The van der Waals surface area contributed by atoms with Gasteiger partial charge in [0.25, 0.3) is 0 Å². The van der Waals surface area contributed by atoms with E-state index in [4.69, 9.17) is 9.47 Å². The summed E-state index contributed by atoms with van der Waals surface area (Å²) in [6.45, 7) is 6.73. The third-order valence-corrected chi connectivity index (χ3v) is 4.76. The zero-order valence-corrected chi connectivity index (χ0v) is 12.2. The molecule has 0 N–H and O–H groups in total. The molecule has 0 saturated carbocycles. The van der Waals surface area contributed by atoms with Gasteiger partial charge in [-0.2, -0.15) is 0 Å². The van der Waals surface area contributed by atoms with Gasteiger partial charge in [-0.3, -0.25) is 9.88 Å². The lowest BCUT2D eigenvalue weighted by molar-refractivity contribution is 0.0299. The Bertz CT molecular complexity index is 466. The lowest BCUT2D eigenvalue weighted by Gasteiger charge is -2.37. The summed E-state index contributed by atoms with van der Waals surface area (Å²) in [5.74, 6) is 1.66. The van der Waals surface area contributed by atoms with Crippen molar-refractivity contribution in [1.29, 1.82) is 0 Å². The number of fused-ring (bicyclic) bond motifs is 1. The van der Waals surface area contributed by atoms with Crippen molar-refractivity contribution in [2.24, 2.45) is 5.92 Å². The summed E-state index contributed by atoms with van der Waals surface area (Å²) in [6, 6.07) is 0.401. The molecule has 21 heavy (non-hydrogen) atoms. The van der Waals surface area contributed by atoms with Crippen LogP contribution in [-0.4, -0.2) is 73.0 Å². The molecule has 0 aromatic carbocycles. The fraction of sp³-hybridized carbons (Fsp3) is 0.733. The first-order valence-corrected chi connectivity index (χ1v) is 7.84. The summed E-state index contributed by atoms with van der Waals surface area (Å²) in [7, 11) is 0. The summed E-state index contributed by atoms with van der Waals surface area (Å²) in [5.41, 5.74) is 0. The Hall–Kier alpha value is -1.24. The maximum atomic E-state index is 5.99. The van der Waals surface area contributed by atoms with Gasteiger partial charge in [-0.05, 0) is 12.3 Å². The van der Waals surface area contributed by atoms with Crippen molar-refractivity contribution in [3.63, 3.8) is 0 Å². The van der Waals surface area contributed by atoms with Crippen molar-refractivity contribution in [1.82, 2.24) is 14.9 Å². The van der Waals surface area contributed by atoms with Crippen molar-refractivity contribution in [2.45, 2.75) is 18.6 Å². The molecule has 0 spiro atoms. The van der Waals surface area contributed by atoms with Crippen molar-refractivity contribution in [2.75, 3.05) is 50.9 Å². The Morgan fingerprint density at radius 2 is 2.24 bits per heavy atom. The molecule has 3 atom stereocenters. The molecule has 1 aromatic rings. The molecule has 6 nitrogen and oxygen atoms in total. The second-order valence-corrected chi connectivity index (χ2v) is 6.18. The molecule has 114 valence electrons. The Morgan fingerprint density at radius 1 is 1.24 bits per heavy atom. The quantitative estimate of drug-likeness (QED) is 0.803. The smallest absolute Gasteiger partial charge is 0.147 e. The van der Waals surface area contributed by atoms with Crippen LogP contribution in [0.2, 0.25) is 0 Å². The summed E-state index contributed by atoms with van der Waals surface area (Å²) in [5, 5.41) is 0. The Kier molecular flexibility index (Phi) is 3.75. The number of aromatic nitrogens is 2. The molecule has 4 rings (SSSR count). The molecule has 0 amide bonds. The minimum Gasteiger partial charge on any atom is -0.381 e. The number of anilines is 1. The molecule has 3 saturated heterocycles. The maximum Gasteiger partial charge on any atom is 0.147 e. The van der Waals surface area contributed by atoms with Crippen molar-refractivity contribution in [3.8, 4) is 0 Å². The highest BCUT2D eigenvalue weighted by Gasteiger charge is 2.41. The number of hydrogen-bond donors (Lipinski definition) is 0. The van der Waals surface area contributed by atoms with E-state index in [1.807, 2.05) is 6.20 Å². The molecule has 3 aliphatic heterocycles. The van der Waals surface area contributed by atoms with E-state index in [1.165, 1.54) is 6.42 Å². The fourth-order valence-corrected chi connectivity index (χ4v) is 3.73. The summed E-state index contributed by atoms with van der Waals surface area (Å²) in [4.78, 5) is 13.6. The normalized spacial score (nSPS) is 33.3. The van der Waals surface area contributed by atoms with Crippen LogP contribution in [0.1, 0.15) is 6.42 Å². The van der Waals surface area contributed by atoms with Gasteiger partial charge in [0.1, 0.15) is 5.82 Å². The van der Waals surface area contributed by atoms with Crippen molar-refractivity contribution < 1.29 is 9.47 Å². The number of ether oxygens (including phenoxy) is 2. The summed E-state index contributed by atoms with van der Waals surface area (Å²) >= 11 is 0. The molecule has 3 aliphatic rings. The Morgan fingerprint density at radius 3 is 3.05 bits per heavy atom. The average Bonchev–Trinajstić information content (AvgIpc) is 3.17. The second-order valence-electron chi connectivity index (χ2n) is 6.18. The van der Waals surface area contributed by atoms with Gasteiger partial charge < -0.3 is 14.4 Å². The monoisotopic (exact) mass is 290 g/mol. The first-order valence-electron chi connectivity index (χ1n) is 7.84. The van der Waals surface area contributed by atoms with Crippen molar-refractivity contribution >= 4 is 5.82 Å². The van der Waals surface area contributed by atoms with Gasteiger partial charge in [-0.25, -0.2) is 4.98 Å². The number of hydrogen-bond acceptors (Lipinski definition) is 6. The van der Waals surface area contributed by atoms with E-state index < -0.39 is 0 Å². The molecule has 0 aliphatic carbocycles. The molecule has 3 fully saturated rings. The van der Waals surface area contributed by atoms with Crippen LogP contribution in [0.15, 0.2) is 18.6 Å². The van der Waals surface area contributed by atoms with E-state index in [0.29, 0.717) is 18.1 Å². The van der Waals surface area contributed by atoms with Crippen molar-refractivity contribution in [3.05, 3.63) is 18.6 Å². The largest absolute Gasteiger partial charge is 0.381 e. The molecule has 6 heteroatoms. The predicted molar refractivity (Wildman–Crippen MR) is 78.3 cm³/mol. The highest BCUT2D eigenvalue weighted by molar-refractivity contribution is 5.38. The fourth-order valence-electron chi connectivity index (χ4n) is 3.73. The minimum absolute atomic E-state index is 0.295. The predicted octanol–water partition coefficient (Wildman–Crippen LogP) is 0.402. The van der Waals surface area contributed by atoms with Crippen LogP contribution in [0.4, 0.5) is 5.82 Å². The van der Waals surface area contributed by atoms with E-state index in [0.717, 1.165) is 51.8 Å². The first kappa shape index (κ1) is 13.4. The van der Waals surface area contributed by atoms with Crippen LogP contribution in [0.25, 0.3) is 0 Å². The van der Waals surface area contributed by atoms with Crippen LogP contribution in [0, 0.1) is 5.92 Å². The number of rotatable bonds is 3. The molecule has 0 bridgehead atoms. The van der Waals surface area contributed by atoms with Gasteiger partial charge in [0.15, 0.2) is 0 Å². The van der Waals surface area contributed by atoms with Gasteiger partial charge in [-0.1, -0.05) is 0 Å². The van der Waals surface area contributed by atoms with Crippen LogP contribution >= 0.6 is 0 Å². The summed E-state index contributed by atoms with van der Waals surface area (Å²) in [6.07, 6.45) is 6.84. The number of likely N-dealkylation sites (tertiary alicyclic amines) is 1. The zero-order chi connectivity index (χ0) is 14.1. The standard InChI is InChI=1S/C15H22N4O2/c1-5-20-11-12(1)8-18-9-13-14(10-18)21-6-4-19(13)15-7-16-2-3-17-15/h2-3,7,12-14H,1,4-6,8-11H2/t12?,13-,14+/m1/s1. The minimum atomic E-state index is 0.295. The molecule has 1 unspecified atom stereocenters. The van der Waals surface area contributed by atoms with Gasteiger partial charge >= 0.3 is 0 Å². The topological polar surface area (TPSA) is 50.7 Å². The van der Waals surface area contributed by atoms with Crippen LogP contribution in [0.5, 0.6) is 0 Å². The van der Waals surface area contributed by atoms with Gasteiger partial charge in [0.2, 0.25) is 0 Å². The van der Waals surface area contributed by atoms with E-state index in [1.54, 1.807) is 12.4 Å². The highest BCUT2D eigenvalue weighted by Crippen LogP contribution is 2.27. The molecule has 1 aromatic heterocycles. The first-order chi connectivity index (χ1) is 10.4. The van der Waals surface area contributed by atoms with E-state index in [-0.39, 0.29) is 0 Å². The van der Waals surface area contributed by atoms with Crippen LogP contribution in [0.3, 0.4) is 0 Å². The average molecular weight is 290 g/mol. The second kappa shape index (κ2) is 5.87. The van der Waals surface area contributed by atoms with Crippen LogP contribution in [-0.2, 0) is 9.47 Å². The lowest BCUT2D eigenvalue weighted by atomic mass is 10.1. The third kappa shape index (κ3) is 2.75. The third-order valence-electron chi connectivity index (χ3n) is 4.76. The maximum absolute atomic E-state index is 5.99. The SMILES string of the molecule is c1cnc(N2CCO[C@H]3CN(CC4CCOC4)C[C@H]32)cn1. The highest BCUT2D eigenvalue weighted by atomic mass is 16.5. The molecular formula is C15H22N4O2. The van der Waals surface area contributed by atoms with Crippen LogP contribution < -0.4 is 4.90 Å². The van der Waals surface area contributed by atoms with Gasteiger partial charge in [0.05, 0.1) is 31.6 Å². The number of morpholine rings is 1. The summed E-state index contributed by atoms with van der Waals surface area (Å²) < 4.78 is 11.5. The zero-order valence-electron chi connectivity index (χ0n) is 12.2. The molecule has 0 radical (unpaired) electrons. The van der Waals surface area contributed by atoms with E-state index >= 15 is 0 Å². The molecular weight excluding hydrogens is 268 g/mol. The molecule has 4 heterocycles. The van der Waals surface area contributed by atoms with Gasteiger partial charge in [0, 0.05) is 45.2 Å².